The summed E-state index contributed by atoms with van der Waals surface area (Å²) in [7, 11) is 0. The van der Waals surface area contributed by atoms with Gasteiger partial charge in [-0.25, -0.2) is 4.79 Å². The van der Waals surface area contributed by atoms with Crippen molar-refractivity contribution >= 4 is 35.2 Å². The van der Waals surface area contributed by atoms with Crippen LogP contribution in [0, 0.1) is 0 Å². The molecule has 0 bridgehead atoms. The van der Waals surface area contributed by atoms with Gasteiger partial charge in [-0.05, 0) is 58.4 Å². The number of halogens is 2. The van der Waals surface area contributed by atoms with E-state index in [-0.39, 0.29) is 25.0 Å². The smallest absolute Gasteiger partial charge is 0.407 e. The molecule has 8 heteroatoms. The maximum atomic E-state index is 13.0. The minimum atomic E-state index is -0.747. The van der Waals surface area contributed by atoms with E-state index in [4.69, 9.17) is 33.7 Å². The molecule has 4 aromatic carbocycles. The third-order valence-corrected chi connectivity index (χ3v) is 8.02. The molecule has 41 heavy (non-hydrogen) atoms. The quantitative estimate of drug-likeness (QED) is 0.208. The van der Waals surface area contributed by atoms with Crippen molar-refractivity contribution in [3.05, 3.63) is 129 Å². The zero-order valence-electron chi connectivity index (χ0n) is 22.4. The van der Waals surface area contributed by atoms with Crippen LogP contribution in [-0.4, -0.2) is 37.2 Å². The Labute approximate surface area is 249 Å². The summed E-state index contributed by atoms with van der Waals surface area (Å²) in [4.78, 5) is 25.9. The summed E-state index contributed by atoms with van der Waals surface area (Å²) < 4.78 is 5.68. The van der Waals surface area contributed by atoms with Crippen molar-refractivity contribution in [1.29, 1.82) is 0 Å². The van der Waals surface area contributed by atoms with Crippen molar-refractivity contribution in [3.63, 3.8) is 0 Å². The van der Waals surface area contributed by atoms with Crippen LogP contribution in [0.5, 0.6) is 0 Å². The van der Waals surface area contributed by atoms with Gasteiger partial charge >= 0.3 is 6.09 Å². The molecule has 5 rings (SSSR count). The molecule has 1 aliphatic carbocycles. The van der Waals surface area contributed by atoms with E-state index in [1.165, 1.54) is 0 Å². The number of ether oxygens (including phenoxy) is 1. The Balaban J connectivity index is 1.22. The zero-order chi connectivity index (χ0) is 28.8. The Kier molecular flexibility index (Phi) is 9.24. The van der Waals surface area contributed by atoms with Crippen LogP contribution in [0.3, 0.4) is 0 Å². The molecule has 4 N–H and O–H groups in total. The first-order chi connectivity index (χ1) is 19.9. The monoisotopic (exact) mass is 587 g/mol. The summed E-state index contributed by atoms with van der Waals surface area (Å²) in [6.45, 7) is 0.340. The molecule has 0 saturated carbocycles. The minimum absolute atomic E-state index is 0.0455. The van der Waals surface area contributed by atoms with Gasteiger partial charge in [0.05, 0.1) is 22.1 Å². The van der Waals surface area contributed by atoms with Gasteiger partial charge in [-0.2, -0.15) is 0 Å². The van der Waals surface area contributed by atoms with Gasteiger partial charge in [-0.3, -0.25) is 4.79 Å². The number of amides is 2. The molecule has 0 spiro atoms. The molecule has 4 aromatic rings. The van der Waals surface area contributed by atoms with Crippen LogP contribution in [-0.2, 0) is 22.4 Å². The predicted octanol–water partition coefficient (Wildman–Crippen LogP) is 6.13. The molecule has 210 valence electrons. The molecule has 0 heterocycles. The van der Waals surface area contributed by atoms with Crippen LogP contribution < -0.4 is 16.4 Å². The molecule has 0 radical (unpaired) electrons. The van der Waals surface area contributed by atoms with Crippen LogP contribution in [0.15, 0.2) is 97.1 Å². The summed E-state index contributed by atoms with van der Waals surface area (Å²) in [5.74, 6) is -0.357. The van der Waals surface area contributed by atoms with Crippen LogP contribution in [0.2, 0.25) is 10.0 Å². The first-order valence-corrected chi connectivity index (χ1v) is 14.3. The highest BCUT2D eigenvalue weighted by molar-refractivity contribution is 6.42. The number of carbonyl (C=O) groups excluding carboxylic acids is 2. The lowest BCUT2D eigenvalue weighted by atomic mass is 9.98. The molecule has 1 aliphatic rings. The highest BCUT2D eigenvalue weighted by atomic mass is 35.5. The molecular formula is C33H31Cl2N3O3. The Hall–Kier alpha value is -3.84. The number of fused-ring (bicyclic) bond motifs is 3. The van der Waals surface area contributed by atoms with Crippen molar-refractivity contribution in [2.75, 3.05) is 13.2 Å². The van der Waals surface area contributed by atoms with Gasteiger partial charge in [-0.1, -0.05) is 108 Å². The fourth-order valence-corrected chi connectivity index (χ4v) is 5.57. The van der Waals surface area contributed by atoms with E-state index in [0.717, 1.165) is 33.4 Å². The Morgan fingerprint density at radius 3 is 2.07 bits per heavy atom. The van der Waals surface area contributed by atoms with Crippen LogP contribution >= 0.6 is 23.2 Å². The lowest BCUT2D eigenvalue weighted by Crippen LogP contribution is -2.51. The molecule has 2 amide bonds. The van der Waals surface area contributed by atoms with Crippen LogP contribution in [0.1, 0.15) is 28.2 Å². The molecule has 0 aliphatic heterocycles. The van der Waals surface area contributed by atoms with Crippen molar-refractivity contribution in [1.82, 2.24) is 10.6 Å². The number of hydrogen-bond donors (Lipinski definition) is 3. The number of carbonyl (C=O) groups is 2. The SMILES string of the molecule is N[C@@H](Cc1ccccc1)C(=O)N[C@@H](CNC(=O)OCC1c2ccccc2-c2ccccc21)Cc1ccc(Cl)c(Cl)c1. The predicted molar refractivity (Wildman–Crippen MR) is 163 cm³/mol. The average Bonchev–Trinajstić information content (AvgIpc) is 3.30. The first-order valence-electron chi connectivity index (χ1n) is 13.5. The molecule has 0 aromatic heterocycles. The van der Waals surface area contributed by atoms with Gasteiger partial charge < -0.3 is 21.1 Å². The van der Waals surface area contributed by atoms with Gasteiger partial charge in [0.15, 0.2) is 0 Å². The molecule has 0 saturated heterocycles. The molecule has 0 fully saturated rings. The van der Waals surface area contributed by atoms with Crippen molar-refractivity contribution < 1.29 is 14.3 Å². The summed E-state index contributed by atoms with van der Waals surface area (Å²) in [6, 6.07) is 30.0. The van der Waals surface area contributed by atoms with E-state index >= 15 is 0 Å². The fraction of sp³-hybridized carbons (Fsp3) is 0.212. The van der Waals surface area contributed by atoms with E-state index in [1.807, 2.05) is 60.7 Å². The number of benzene rings is 4. The Morgan fingerprint density at radius 1 is 0.780 bits per heavy atom. The van der Waals surface area contributed by atoms with E-state index in [2.05, 4.69) is 34.9 Å². The fourth-order valence-electron chi connectivity index (χ4n) is 5.25. The number of hydrogen-bond acceptors (Lipinski definition) is 4. The normalized spacial score (nSPS) is 13.5. The van der Waals surface area contributed by atoms with Gasteiger partial charge in [0.2, 0.25) is 5.91 Å². The summed E-state index contributed by atoms with van der Waals surface area (Å²) in [5, 5.41) is 6.67. The number of alkyl carbamates (subject to hydrolysis) is 1. The lowest BCUT2D eigenvalue weighted by Gasteiger charge is -2.22. The van der Waals surface area contributed by atoms with Crippen LogP contribution in [0.25, 0.3) is 11.1 Å². The Morgan fingerprint density at radius 2 is 1.41 bits per heavy atom. The standard InChI is InChI=1S/C33H31Cl2N3O3/c34-29-15-14-22(17-30(29)35)16-23(38-32(39)31(36)18-21-8-2-1-3-9-21)19-37-33(40)41-20-28-26-12-6-4-10-24(26)25-11-5-7-13-27(25)28/h1-15,17,23,28,31H,16,18-20,36H2,(H,37,40)(H,38,39)/t23-,31+/m1/s1. The summed E-state index contributed by atoms with van der Waals surface area (Å²) in [6.07, 6.45) is 0.241. The maximum Gasteiger partial charge on any atom is 0.407 e. The van der Waals surface area contributed by atoms with E-state index in [1.54, 1.807) is 12.1 Å². The highest BCUT2D eigenvalue weighted by Gasteiger charge is 2.29. The number of rotatable bonds is 10. The van der Waals surface area contributed by atoms with Crippen molar-refractivity contribution in [3.8, 4) is 11.1 Å². The summed E-state index contributed by atoms with van der Waals surface area (Å²) >= 11 is 12.3. The number of nitrogens with one attached hydrogen (secondary N) is 2. The second-order valence-electron chi connectivity index (χ2n) is 10.2. The Bertz CT molecular complexity index is 1480. The second kappa shape index (κ2) is 13.2. The average molecular weight is 589 g/mol. The zero-order valence-corrected chi connectivity index (χ0v) is 23.9. The van der Waals surface area contributed by atoms with E-state index in [0.29, 0.717) is 22.9 Å². The molecular weight excluding hydrogens is 557 g/mol. The van der Waals surface area contributed by atoms with E-state index in [9.17, 15) is 9.59 Å². The van der Waals surface area contributed by atoms with Crippen molar-refractivity contribution in [2.24, 2.45) is 5.73 Å². The third-order valence-electron chi connectivity index (χ3n) is 7.28. The van der Waals surface area contributed by atoms with Gasteiger partial charge in [0.25, 0.3) is 0 Å². The second-order valence-corrected chi connectivity index (χ2v) is 11.0. The highest BCUT2D eigenvalue weighted by Crippen LogP contribution is 2.44. The lowest BCUT2D eigenvalue weighted by molar-refractivity contribution is -0.123. The van der Waals surface area contributed by atoms with Gasteiger partial charge in [-0.15, -0.1) is 0 Å². The third kappa shape index (κ3) is 7.09. The van der Waals surface area contributed by atoms with Gasteiger partial charge in [0, 0.05) is 12.5 Å². The minimum Gasteiger partial charge on any atom is -0.449 e. The molecule has 0 unspecified atom stereocenters. The van der Waals surface area contributed by atoms with Crippen molar-refractivity contribution in [2.45, 2.75) is 30.8 Å². The molecule has 6 nitrogen and oxygen atoms in total. The number of nitrogens with two attached hydrogens (primary N) is 1. The largest absolute Gasteiger partial charge is 0.449 e. The van der Waals surface area contributed by atoms with E-state index < -0.39 is 18.2 Å². The molecule has 2 atom stereocenters. The first kappa shape index (κ1) is 28.7. The maximum absolute atomic E-state index is 13.0. The topological polar surface area (TPSA) is 93.5 Å². The summed E-state index contributed by atoms with van der Waals surface area (Å²) in [5.41, 5.74) is 12.6. The van der Waals surface area contributed by atoms with Gasteiger partial charge in [0.1, 0.15) is 6.61 Å². The van der Waals surface area contributed by atoms with Crippen LogP contribution in [0.4, 0.5) is 4.79 Å².